The Morgan fingerprint density at radius 2 is 1.94 bits per heavy atom. The smallest absolute Gasteiger partial charge is 0.170 e. The maximum Gasteiger partial charge on any atom is 0.170 e. The summed E-state index contributed by atoms with van der Waals surface area (Å²) in [5, 5.41) is 0. The fraction of sp³-hybridized carbons (Fsp3) is 0.500. The minimum atomic E-state index is 0.0670. The van der Waals surface area contributed by atoms with Crippen LogP contribution in [-0.4, -0.2) is 12.4 Å². The highest BCUT2D eigenvalue weighted by molar-refractivity contribution is 6.00. The van der Waals surface area contributed by atoms with Gasteiger partial charge in [-0.3, -0.25) is 4.79 Å². The average molecular weight is 218 g/mol. The Morgan fingerprint density at radius 1 is 1.25 bits per heavy atom. The van der Waals surface area contributed by atoms with E-state index >= 15 is 0 Å². The Kier molecular flexibility index (Phi) is 2.53. The second-order valence-electron chi connectivity index (χ2n) is 5.44. The molecule has 2 rings (SSSR count). The molecule has 0 aliphatic carbocycles. The zero-order valence-corrected chi connectivity index (χ0v) is 10.4. The van der Waals surface area contributed by atoms with Crippen LogP contribution in [0.4, 0.5) is 0 Å². The highest BCUT2D eigenvalue weighted by atomic mass is 16.5. The van der Waals surface area contributed by atoms with Crippen molar-refractivity contribution in [2.75, 3.05) is 6.61 Å². The number of Topliss-reactive ketones (excluding diaryl/α,β-unsaturated/α-hetero) is 1. The Hall–Kier alpha value is -1.31. The van der Waals surface area contributed by atoms with Crippen LogP contribution in [0.1, 0.15) is 48.7 Å². The molecule has 86 valence electrons. The molecule has 1 aromatic carbocycles. The highest BCUT2D eigenvalue weighted by Crippen LogP contribution is 2.34. The number of benzene rings is 1. The number of aryl methyl sites for hydroxylation is 1. The topological polar surface area (TPSA) is 26.3 Å². The zero-order valence-electron chi connectivity index (χ0n) is 10.4. The summed E-state index contributed by atoms with van der Waals surface area (Å²) in [6.07, 6.45) is 0.500. The first-order chi connectivity index (χ1) is 7.39. The molecule has 0 spiro atoms. The summed E-state index contributed by atoms with van der Waals surface area (Å²) < 4.78 is 5.57. The average Bonchev–Trinajstić information content (AvgIpc) is 2.18. The molecule has 0 saturated heterocycles. The van der Waals surface area contributed by atoms with Crippen molar-refractivity contribution in [2.24, 2.45) is 0 Å². The Bertz CT molecular complexity index is 439. The maximum atomic E-state index is 11.8. The molecule has 0 N–H and O–H groups in total. The van der Waals surface area contributed by atoms with E-state index in [0.717, 1.165) is 16.9 Å². The van der Waals surface area contributed by atoms with Crippen molar-refractivity contribution in [2.45, 2.75) is 39.5 Å². The number of carbonyl (C=O) groups is 1. The van der Waals surface area contributed by atoms with E-state index in [1.165, 1.54) is 5.56 Å². The molecule has 0 saturated carbocycles. The van der Waals surface area contributed by atoms with E-state index < -0.39 is 0 Å². The predicted molar refractivity (Wildman–Crippen MR) is 64.3 cm³/mol. The van der Waals surface area contributed by atoms with Crippen molar-refractivity contribution < 1.29 is 9.53 Å². The number of fused-ring (bicyclic) bond motifs is 1. The van der Waals surface area contributed by atoms with Crippen LogP contribution in [0.3, 0.4) is 0 Å². The van der Waals surface area contributed by atoms with Gasteiger partial charge in [-0.1, -0.05) is 26.8 Å². The van der Waals surface area contributed by atoms with Crippen molar-refractivity contribution in [1.82, 2.24) is 0 Å². The summed E-state index contributed by atoms with van der Waals surface area (Å²) >= 11 is 0. The van der Waals surface area contributed by atoms with E-state index in [4.69, 9.17) is 4.74 Å². The standard InChI is InChI=1S/C14H18O2/c1-9-7-10(14(2,3)4)8-11-12(15)5-6-16-13(9)11/h7-8H,5-6H2,1-4H3. The number of ether oxygens (including phenoxy) is 1. The van der Waals surface area contributed by atoms with Gasteiger partial charge in [-0.25, -0.2) is 0 Å². The number of hydrogen-bond acceptors (Lipinski definition) is 2. The second-order valence-corrected chi connectivity index (χ2v) is 5.44. The molecule has 0 unspecified atom stereocenters. The minimum Gasteiger partial charge on any atom is -0.492 e. The van der Waals surface area contributed by atoms with Gasteiger partial charge in [0.2, 0.25) is 0 Å². The molecule has 1 aliphatic rings. The van der Waals surface area contributed by atoms with Gasteiger partial charge < -0.3 is 4.74 Å². The van der Waals surface area contributed by atoms with E-state index in [0.29, 0.717) is 13.0 Å². The van der Waals surface area contributed by atoms with Gasteiger partial charge in [0.15, 0.2) is 5.78 Å². The molecule has 0 fully saturated rings. The second kappa shape index (κ2) is 3.62. The largest absolute Gasteiger partial charge is 0.492 e. The monoisotopic (exact) mass is 218 g/mol. The van der Waals surface area contributed by atoms with Gasteiger partial charge in [0.25, 0.3) is 0 Å². The van der Waals surface area contributed by atoms with Gasteiger partial charge in [-0.2, -0.15) is 0 Å². The van der Waals surface area contributed by atoms with Crippen LogP contribution in [0.2, 0.25) is 0 Å². The SMILES string of the molecule is Cc1cc(C(C)(C)C)cc2c1OCCC2=O. The van der Waals surface area contributed by atoms with Crippen LogP contribution in [0.25, 0.3) is 0 Å². The molecule has 0 atom stereocenters. The predicted octanol–water partition coefficient (Wildman–Crippen LogP) is 3.26. The van der Waals surface area contributed by atoms with Crippen molar-refractivity contribution in [3.63, 3.8) is 0 Å². The molecule has 0 radical (unpaired) electrons. The van der Waals surface area contributed by atoms with Crippen LogP contribution in [0.5, 0.6) is 5.75 Å². The van der Waals surface area contributed by atoms with Crippen LogP contribution in [0, 0.1) is 6.92 Å². The Balaban J connectivity index is 2.60. The molecule has 1 heterocycles. The molecule has 2 nitrogen and oxygen atoms in total. The van der Waals surface area contributed by atoms with E-state index in [1.54, 1.807) is 0 Å². The third-order valence-electron chi connectivity index (χ3n) is 3.02. The van der Waals surface area contributed by atoms with E-state index in [1.807, 2.05) is 13.0 Å². The summed E-state index contributed by atoms with van der Waals surface area (Å²) in [6, 6.07) is 4.11. The van der Waals surface area contributed by atoms with E-state index in [-0.39, 0.29) is 11.2 Å². The van der Waals surface area contributed by atoms with Gasteiger partial charge in [-0.15, -0.1) is 0 Å². The summed E-state index contributed by atoms with van der Waals surface area (Å²) in [6.45, 7) is 8.99. The van der Waals surface area contributed by atoms with Gasteiger partial charge >= 0.3 is 0 Å². The lowest BCUT2D eigenvalue weighted by Gasteiger charge is -2.24. The summed E-state index contributed by atoms with van der Waals surface area (Å²) in [5.41, 5.74) is 3.09. The highest BCUT2D eigenvalue weighted by Gasteiger charge is 2.24. The molecular weight excluding hydrogens is 200 g/mol. The summed E-state index contributed by atoms with van der Waals surface area (Å²) in [4.78, 5) is 11.8. The lowest BCUT2D eigenvalue weighted by molar-refractivity contribution is 0.0932. The quantitative estimate of drug-likeness (QED) is 0.668. The van der Waals surface area contributed by atoms with Crippen LogP contribution < -0.4 is 4.74 Å². The normalized spacial score (nSPS) is 15.6. The van der Waals surface area contributed by atoms with Crippen LogP contribution >= 0.6 is 0 Å². The minimum absolute atomic E-state index is 0.0670. The van der Waals surface area contributed by atoms with Crippen molar-refractivity contribution in [1.29, 1.82) is 0 Å². The van der Waals surface area contributed by atoms with Crippen LogP contribution in [0.15, 0.2) is 12.1 Å². The van der Waals surface area contributed by atoms with Gasteiger partial charge in [-0.05, 0) is 29.5 Å². The van der Waals surface area contributed by atoms with E-state index in [9.17, 15) is 4.79 Å². The van der Waals surface area contributed by atoms with Crippen molar-refractivity contribution in [3.8, 4) is 5.75 Å². The first-order valence-corrected chi connectivity index (χ1v) is 5.71. The molecular formula is C14H18O2. The lowest BCUT2D eigenvalue weighted by atomic mass is 9.84. The zero-order chi connectivity index (χ0) is 11.9. The molecule has 0 amide bonds. The van der Waals surface area contributed by atoms with E-state index in [2.05, 4.69) is 26.8 Å². The lowest BCUT2D eigenvalue weighted by Crippen LogP contribution is -2.19. The number of ketones is 1. The fourth-order valence-corrected chi connectivity index (χ4v) is 1.99. The first kappa shape index (κ1) is 11.2. The summed E-state index contributed by atoms with van der Waals surface area (Å²) in [7, 11) is 0. The molecule has 1 aromatic rings. The van der Waals surface area contributed by atoms with Crippen molar-refractivity contribution in [3.05, 3.63) is 28.8 Å². The molecule has 0 aromatic heterocycles. The third-order valence-corrected chi connectivity index (χ3v) is 3.02. The number of carbonyl (C=O) groups excluding carboxylic acids is 1. The number of rotatable bonds is 0. The Morgan fingerprint density at radius 3 is 2.56 bits per heavy atom. The van der Waals surface area contributed by atoms with Gasteiger partial charge in [0.05, 0.1) is 12.2 Å². The molecule has 2 heteroatoms. The first-order valence-electron chi connectivity index (χ1n) is 5.71. The van der Waals surface area contributed by atoms with Crippen molar-refractivity contribution >= 4 is 5.78 Å². The summed E-state index contributed by atoms with van der Waals surface area (Å²) in [5.74, 6) is 0.986. The maximum absolute atomic E-state index is 11.8. The van der Waals surface area contributed by atoms with Gasteiger partial charge in [0, 0.05) is 6.42 Å². The molecule has 0 bridgehead atoms. The Labute approximate surface area is 96.6 Å². The molecule has 1 aliphatic heterocycles. The fourth-order valence-electron chi connectivity index (χ4n) is 1.99. The van der Waals surface area contributed by atoms with Crippen LogP contribution in [-0.2, 0) is 5.41 Å². The molecule has 16 heavy (non-hydrogen) atoms. The van der Waals surface area contributed by atoms with Gasteiger partial charge in [0.1, 0.15) is 5.75 Å². The number of hydrogen-bond donors (Lipinski definition) is 0. The third kappa shape index (κ3) is 1.84.